The van der Waals surface area contributed by atoms with E-state index < -0.39 is 0 Å². The van der Waals surface area contributed by atoms with Gasteiger partial charge in [0.2, 0.25) is 0 Å². The molecule has 0 spiro atoms. The summed E-state index contributed by atoms with van der Waals surface area (Å²) in [4.78, 5) is 0. The van der Waals surface area contributed by atoms with Crippen molar-refractivity contribution in [3.8, 4) is 0 Å². The third-order valence-electron chi connectivity index (χ3n) is 1.24. The van der Waals surface area contributed by atoms with E-state index in [1.807, 2.05) is 19.1 Å². The van der Waals surface area contributed by atoms with E-state index >= 15 is 0 Å². The smallest absolute Gasteiger partial charge is 0.0735 e. The first-order valence-electron chi connectivity index (χ1n) is 3.86. The Hall–Kier alpha value is -1.15. The normalized spacial score (nSPS) is 11.9. The molecule has 0 bridgehead atoms. The summed E-state index contributed by atoms with van der Waals surface area (Å²) in [6.07, 6.45) is 8.55. The van der Waals surface area contributed by atoms with E-state index in [1.54, 1.807) is 12.2 Å². The molecule has 0 heterocycles. The molecular formula is C10H15NO. The molecule has 0 atom stereocenters. The lowest BCUT2D eigenvalue weighted by Gasteiger charge is -1.99. The molecule has 0 saturated carbocycles. The molecule has 0 rings (SSSR count). The minimum Gasteiger partial charge on any atom is -0.373 e. The molecule has 0 aliphatic rings. The van der Waals surface area contributed by atoms with Gasteiger partial charge in [-0.05, 0) is 12.5 Å². The number of rotatable bonds is 6. The zero-order valence-electron chi connectivity index (χ0n) is 7.42. The van der Waals surface area contributed by atoms with Gasteiger partial charge in [-0.25, -0.2) is 0 Å². The van der Waals surface area contributed by atoms with Gasteiger partial charge in [0.1, 0.15) is 0 Å². The molecule has 0 aromatic carbocycles. The Labute approximate surface area is 73.8 Å². The number of ether oxygens (including phenoxy) is 1. The molecule has 2 heteroatoms. The molecule has 2 nitrogen and oxygen atoms in total. The summed E-state index contributed by atoms with van der Waals surface area (Å²) >= 11 is 0. The second-order valence-electron chi connectivity index (χ2n) is 2.21. The van der Waals surface area contributed by atoms with Gasteiger partial charge < -0.3 is 10.1 Å². The van der Waals surface area contributed by atoms with Crippen LogP contribution in [-0.4, -0.2) is 19.4 Å². The maximum absolute atomic E-state index is 7.00. The lowest BCUT2D eigenvalue weighted by Crippen LogP contribution is -1.98. The monoisotopic (exact) mass is 165 g/mol. The fourth-order valence-electron chi connectivity index (χ4n) is 0.630. The van der Waals surface area contributed by atoms with Crippen LogP contribution < -0.4 is 0 Å². The first kappa shape index (κ1) is 10.8. The first-order valence-corrected chi connectivity index (χ1v) is 3.86. The Bertz CT molecular complexity index is 192. The molecule has 66 valence electrons. The summed E-state index contributed by atoms with van der Waals surface area (Å²) < 4.78 is 5.23. The summed E-state index contributed by atoms with van der Waals surface area (Å²) in [7, 11) is 0. The topological polar surface area (TPSA) is 33.1 Å². The van der Waals surface area contributed by atoms with Gasteiger partial charge in [-0.2, -0.15) is 0 Å². The van der Waals surface area contributed by atoms with Crippen LogP contribution in [0.4, 0.5) is 0 Å². The van der Waals surface area contributed by atoms with Crippen molar-refractivity contribution in [3.05, 3.63) is 36.5 Å². The highest BCUT2D eigenvalue weighted by molar-refractivity contribution is 5.76. The number of hydrogen-bond donors (Lipinski definition) is 1. The summed E-state index contributed by atoms with van der Waals surface area (Å²) in [6, 6.07) is 0. The molecule has 0 amide bonds. The van der Waals surface area contributed by atoms with Crippen molar-refractivity contribution >= 4 is 6.21 Å². The fraction of sp³-hybridized carbons (Fsp3) is 0.300. The highest BCUT2D eigenvalue weighted by Gasteiger charge is 1.89. The Morgan fingerprint density at radius 3 is 2.83 bits per heavy atom. The van der Waals surface area contributed by atoms with Gasteiger partial charge in [0, 0.05) is 6.21 Å². The molecule has 12 heavy (non-hydrogen) atoms. The standard InChI is InChI=1S/C10H15NO/c1-3-5-7-12-9-10(8-11)6-4-2/h3-6,8,11H,2,7,9H2,1H3/b5-3-,10-6+,11-8?. The fourth-order valence-corrected chi connectivity index (χ4v) is 0.630. The first-order chi connectivity index (χ1) is 5.85. The highest BCUT2D eigenvalue weighted by atomic mass is 16.5. The van der Waals surface area contributed by atoms with Gasteiger partial charge in [0.15, 0.2) is 0 Å². The van der Waals surface area contributed by atoms with Crippen LogP contribution in [0.25, 0.3) is 0 Å². The van der Waals surface area contributed by atoms with Crippen LogP contribution in [0.15, 0.2) is 36.5 Å². The SMILES string of the molecule is C=C/C=C(\C=N)COC/C=C\C. The summed E-state index contributed by atoms with van der Waals surface area (Å²) in [5, 5.41) is 7.00. The Kier molecular flexibility index (Phi) is 7.19. The lowest BCUT2D eigenvalue weighted by atomic mass is 10.3. The van der Waals surface area contributed by atoms with Crippen LogP contribution in [0.1, 0.15) is 6.92 Å². The van der Waals surface area contributed by atoms with Gasteiger partial charge in [-0.1, -0.05) is 30.9 Å². The van der Waals surface area contributed by atoms with E-state index in [2.05, 4.69) is 6.58 Å². The number of hydrogen-bond acceptors (Lipinski definition) is 2. The van der Waals surface area contributed by atoms with E-state index in [9.17, 15) is 0 Å². The predicted octanol–water partition coefficient (Wildman–Crippen LogP) is 2.34. The molecule has 0 saturated heterocycles. The van der Waals surface area contributed by atoms with Crippen molar-refractivity contribution in [2.24, 2.45) is 0 Å². The molecular weight excluding hydrogens is 150 g/mol. The van der Waals surface area contributed by atoms with Gasteiger partial charge >= 0.3 is 0 Å². The second kappa shape index (κ2) is 7.95. The molecule has 0 aromatic rings. The van der Waals surface area contributed by atoms with Crippen molar-refractivity contribution < 1.29 is 4.74 Å². The maximum Gasteiger partial charge on any atom is 0.0735 e. The zero-order chi connectivity index (χ0) is 9.23. The van der Waals surface area contributed by atoms with Gasteiger partial charge in [0.05, 0.1) is 13.2 Å². The second-order valence-corrected chi connectivity index (χ2v) is 2.21. The van der Waals surface area contributed by atoms with Crippen LogP contribution >= 0.6 is 0 Å². The zero-order valence-corrected chi connectivity index (χ0v) is 7.42. The highest BCUT2D eigenvalue weighted by Crippen LogP contribution is 1.91. The summed E-state index contributed by atoms with van der Waals surface area (Å²) in [6.45, 7) is 6.56. The average molecular weight is 165 g/mol. The molecule has 0 radical (unpaired) electrons. The third-order valence-corrected chi connectivity index (χ3v) is 1.24. The van der Waals surface area contributed by atoms with Crippen molar-refractivity contribution in [3.63, 3.8) is 0 Å². The van der Waals surface area contributed by atoms with Crippen LogP contribution in [0, 0.1) is 5.41 Å². The molecule has 0 fully saturated rings. The predicted molar refractivity (Wildman–Crippen MR) is 52.7 cm³/mol. The Balaban J connectivity index is 3.65. The Morgan fingerprint density at radius 1 is 1.58 bits per heavy atom. The van der Waals surface area contributed by atoms with Crippen molar-refractivity contribution in [2.75, 3.05) is 13.2 Å². The molecule has 0 unspecified atom stereocenters. The van der Waals surface area contributed by atoms with Gasteiger partial charge in [0.25, 0.3) is 0 Å². The third kappa shape index (κ3) is 5.62. The molecule has 0 aliphatic carbocycles. The molecule has 0 aliphatic heterocycles. The Morgan fingerprint density at radius 2 is 2.33 bits per heavy atom. The van der Waals surface area contributed by atoms with Crippen molar-refractivity contribution in [1.82, 2.24) is 0 Å². The molecule has 0 aromatic heterocycles. The van der Waals surface area contributed by atoms with E-state index in [-0.39, 0.29) is 0 Å². The quantitative estimate of drug-likeness (QED) is 0.278. The van der Waals surface area contributed by atoms with Crippen LogP contribution in [0.2, 0.25) is 0 Å². The summed E-state index contributed by atoms with van der Waals surface area (Å²) in [5.74, 6) is 0. The minimum absolute atomic E-state index is 0.472. The van der Waals surface area contributed by atoms with E-state index in [0.717, 1.165) is 5.57 Å². The lowest BCUT2D eigenvalue weighted by molar-refractivity contribution is 0.190. The molecule has 1 N–H and O–H groups in total. The largest absolute Gasteiger partial charge is 0.373 e. The van der Waals surface area contributed by atoms with Crippen LogP contribution in [0.3, 0.4) is 0 Å². The van der Waals surface area contributed by atoms with Crippen LogP contribution in [-0.2, 0) is 4.74 Å². The van der Waals surface area contributed by atoms with E-state index in [1.165, 1.54) is 6.21 Å². The van der Waals surface area contributed by atoms with Crippen molar-refractivity contribution in [2.45, 2.75) is 6.92 Å². The van der Waals surface area contributed by atoms with E-state index in [4.69, 9.17) is 10.1 Å². The number of nitrogens with one attached hydrogen (secondary N) is 1. The minimum atomic E-state index is 0.472. The van der Waals surface area contributed by atoms with Crippen LogP contribution in [0.5, 0.6) is 0 Å². The van der Waals surface area contributed by atoms with Gasteiger partial charge in [-0.3, -0.25) is 0 Å². The number of allylic oxidation sites excluding steroid dienone is 3. The van der Waals surface area contributed by atoms with E-state index in [0.29, 0.717) is 13.2 Å². The average Bonchev–Trinajstić information content (AvgIpc) is 2.10. The maximum atomic E-state index is 7.00. The van der Waals surface area contributed by atoms with Gasteiger partial charge in [-0.15, -0.1) is 0 Å². The van der Waals surface area contributed by atoms with Crippen molar-refractivity contribution in [1.29, 1.82) is 5.41 Å². The summed E-state index contributed by atoms with van der Waals surface area (Å²) in [5.41, 5.74) is 0.828.